The summed E-state index contributed by atoms with van der Waals surface area (Å²) in [7, 11) is 0. The van der Waals surface area contributed by atoms with Crippen molar-refractivity contribution in [3.8, 4) is 5.75 Å². The predicted octanol–water partition coefficient (Wildman–Crippen LogP) is 0.885. The molecular weight excluding hydrogens is 170 g/mol. The molecule has 0 spiro atoms. The third kappa shape index (κ3) is 1.48. The van der Waals surface area contributed by atoms with Gasteiger partial charge in [-0.15, -0.1) is 0 Å². The lowest BCUT2D eigenvalue weighted by atomic mass is 10.1. The van der Waals surface area contributed by atoms with Gasteiger partial charge in [-0.05, 0) is 6.07 Å². The maximum absolute atomic E-state index is 10.8. The van der Waals surface area contributed by atoms with E-state index in [1.165, 1.54) is 0 Å². The van der Waals surface area contributed by atoms with Gasteiger partial charge in [0.2, 0.25) is 5.91 Å². The highest BCUT2D eigenvalue weighted by Gasteiger charge is 2.26. The van der Waals surface area contributed by atoms with Gasteiger partial charge in [-0.3, -0.25) is 9.63 Å². The number of amides is 1. The van der Waals surface area contributed by atoms with Crippen LogP contribution >= 0.6 is 0 Å². The van der Waals surface area contributed by atoms with Crippen LogP contribution < -0.4 is 5.48 Å². The largest absolute Gasteiger partial charge is 0.508 e. The summed E-state index contributed by atoms with van der Waals surface area (Å²) in [5, 5.41) is 9.44. The molecule has 2 rings (SSSR count). The molecule has 1 fully saturated rings. The monoisotopic (exact) mass is 179 g/mol. The molecule has 0 radical (unpaired) electrons. The van der Waals surface area contributed by atoms with E-state index in [0.29, 0.717) is 5.56 Å². The highest BCUT2D eigenvalue weighted by atomic mass is 16.7. The third-order valence-corrected chi connectivity index (χ3v) is 1.97. The van der Waals surface area contributed by atoms with Crippen molar-refractivity contribution in [2.45, 2.75) is 12.5 Å². The van der Waals surface area contributed by atoms with Gasteiger partial charge in [0.1, 0.15) is 11.9 Å². The first-order valence-electron chi connectivity index (χ1n) is 4.00. The van der Waals surface area contributed by atoms with E-state index >= 15 is 0 Å². The Morgan fingerprint density at radius 3 is 2.85 bits per heavy atom. The number of benzene rings is 1. The van der Waals surface area contributed by atoms with Crippen molar-refractivity contribution in [3.05, 3.63) is 29.8 Å². The van der Waals surface area contributed by atoms with Gasteiger partial charge in [0.25, 0.3) is 0 Å². The summed E-state index contributed by atoms with van der Waals surface area (Å²) >= 11 is 0. The Balaban J connectivity index is 2.26. The second-order valence-corrected chi connectivity index (χ2v) is 2.89. The number of hydrogen-bond acceptors (Lipinski definition) is 3. The van der Waals surface area contributed by atoms with Crippen LogP contribution in [0.1, 0.15) is 18.1 Å². The lowest BCUT2D eigenvalue weighted by Crippen LogP contribution is -2.11. The summed E-state index contributed by atoms with van der Waals surface area (Å²) in [5.41, 5.74) is 2.88. The molecule has 1 aliphatic heterocycles. The van der Waals surface area contributed by atoms with Crippen LogP contribution in [0.25, 0.3) is 0 Å². The molecule has 1 heterocycles. The highest BCUT2D eigenvalue weighted by Crippen LogP contribution is 2.30. The van der Waals surface area contributed by atoms with E-state index in [9.17, 15) is 9.90 Å². The number of rotatable bonds is 1. The van der Waals surface area contributed by atoms with Crippen molar-refractivity contribution < 1.29 is 14.7 Å². The van der Waals surface area contributed by atoms with Crippen molar-refractivity contribution in [3.63, 3.8) is 0 Å². The van der Waals surface area contributed by atoms with E-state index in [2.05, 4.69) is 5.48 Å². The lowest BCUT2D eigenvalue weighted by molar-refractivity contribution is -0.124. The zero-order valence-corrected chi connectivity index (χ0v) is 6.86. The number of hydroxylamine groups is 1. The molecule has 1 saturated heterocycles. The number of carbonyl (C=O) groups is 1. The summed E-state index contributed by atoms with van der Waals surface area (Å²) in [6, 6.07) is 6.83. The Hall–Kier alpha value is -1.55. The molecule has 1 unspecified atom stereocenters. The van der Waals surface area contributed by atoms with Gasteiger partial charge < -0.3 is 5.11 Å². The normalized spacial score (nSPS) is 21.5. The number of hydrogen-bond donors (Lipinski definition) is 2. The summed E-state index contributed by atoms with van der Waals surface area (Å²) in [6.07, 6.45) is -0.105. The zero-order valence-electron chi connectivity index (χ0n) is 6.86. The van der Waals surface area contributed by atoms with Crippen LogP contribution in [0.3, 0.4) is 0 Å². The number of phenols is 1. The number of carbonyl (C=O) groups excluding carboxylic acids is 1. The minimum absolute atomic E-state index is 0.156. The van der Waals surface area contributed by atoms with E-state index < -0.39 is 0 Å². The van der Waals surface area contributed by atoms with Crippen LogP contribution in [-0.4, -0.2) is 11.0 Å². The Morgan fingerprint density at radius 1 is 1.46 bits per heavy atom. The van der Waals surface area contributed by atoms with Gasteiger partial charge in [0.15, 0.2) is 0 Å². The van der Waals surface area contributed by atoms with Crippen LogP contribution in [0.15, 0.2) is 24.3 Å². The molecule has 13 heavy (non-hydrogen) atoms. The Kier molecular flexibility index (Phi) is 1.90. The molecule has 0 aliphatic carbocycles. The van der Waals surface area contributed by atoms with E-state index in [4.69, 9.17) is 4.84 Å². The molecule has 4 nitrogen and oxygen atoms in total. The molecule has 1 amide bonds. The zero-order chi connectivity index (χ0) is 9.26. The molecular formula is C9H9NO3. The number of nitrogens with one attached hydrogen (secondary N) is 1. The molecule has 68 valence electrons. The molecule has 0 aromatic heterocycles. The molecule has 0 saturated carbocycles. The fraction of sp³-hybridized carbons (Fsp3) is 0.222. The number of para-hydroxylation sites is 1. The van der Waals surface area contributed by atoms with Crippen molar-refractivity contribution in [1.29, 1.82) is 0 Å². The topological polar surface area (TPSA) is 58.6 Å². The standard InChI is InChI=1S/C9H9NO3/c11-7-4-2-1-3-6(7)8-5-9(12)10-13-8/h1-4,8,11H,5H2,(H,10,12). The average molecular weight is 179 g/mol. The number of aromatic hydroxyl groups is 1. The van der Waals surface area contributed by atoms with E-state index in [1.807, 2.05) is 0 Å². The Labute approximate surface area is 75.1 Å². The van der Waals surface area contributed by atoms with E-state index in [-0.39, 0.29) is 24.2 Å². The highest BCUT2D eigenvalue weighted by molar-refractivity contribution is 5.77. The van der Waals surface area contributed by atoms with Gasteiger partial charge in [0.05, 0.1) is 6.42 Å². The molecule has 1 aliphatic rings. The smallest absolute Gasteiger partial charge is 0.246 e. The van der Waals surface area contributed by atoms with Gasteiger partial charge in [-0.1, -0.05) is 18.2 Å². The molecule has 1 atom stereocenters. The molecule has 1 aromatic carbocycles. The first-order valence-corrected chi connectivity index (χ1v) is 4.00. The minimum Gasteiger partial charge on any atom is -0.508 e. The van der Waals surface area contributed by atoms with Crippen LogP contribution in [0, 0.1) is 0 Å². The second kappa shape index (κ2) is 3.06. The molecule has 2 N–H and O–H groups in total. The SMILES string of the molecule is O=C1CC(c2ccccc2O)ON1. The lowest BCUT2D eigenvalue weighted by Gasteiger charge is -2.08. The van der Waals surface area contributed by atoms with Gasteiger partial charge in [-0.2, -0.15) is 0 Å². The van der Waals surface area contributed by atoms with Gasteiger partial charge in [0, 0.05) is 5.56 Å². The molecule has 1 aromatic rings. The molecule has 4 heteroatoms. The first kappa shape index (κ1) is 8.07. The Bertz CT molecular complexity index is 337. The van der Waals surface area contributed by atoms with Crippen molar-refractivity contribution in [2.24, 2.45) is 0 Å². The van der Waals surface area contributed by atoms with Gasteiger partial charge >= 0.3 is 0 Å². The van der Waals surface area contributed by atoms with Crippen molar-refractivity contribution in [1.82, 2.24) is 5.48 Å². The van der Waals surface area contributed by atoms with E-state index in [0.717, 1.165) is 0 Å². The van der Waals surface area contributed by atoms with Crippen LogP contribution in [0.5, 0.6) is 5.75 Å². The fourth-order valence-corrected chi connectivity index (χ4v) is 1.32. The first-order chi connectivity index (χ1) is 6.27. The summed E-state index contributed by atoms with van der Waals surface area (Å²) in [4.78, 5) is 15.8. The number of phenolic OH excluding ortho intramolecular Hbond substituents is 1. The second-order valence-electron chi connectivity index (χ2n) is 2.89. The minimum atomic E-state index is -0.367. The van der Waals surface area contributed by atoms with Crippen LogP contribution in [0.2, 0.25) is 0 Å². The summed E-state index contributed by atoms with van der Waals surface area (Å²) in [6.45, 7) is 0. The Morgan fingerprint density at radius 2 is 2.23 bits per heavy atom. The fourth-order valence-electron chi connectivity index (χ4n) is 1.32. The summed E-state index contributed by atoms with van der Waals surface area (Å²) < 4.78 is 0. The van der Waals surface area contributed by atoms with Crippen molar-refractivity contribution in [2.75, 3.05) is 0 Å². The maximum Gasteiger partial charge on any atom is 0.246 e. The maximum atomic E-state index is 10.8. The quantitative estimate of drug-likeness (QED) is 0.673. The molecule has 0 bridgehead atoms. The van der Waals surface area contributed by atoms with E-state index in [1.54, 1.807) is 24.3 Å². The predicted molar refractivity (Wildman–Crippen MR) is 44.7 cm³/mol. The van der Waals surface area contributed by atoms with Crippen LogP contribution in [0.4, 0.5) is 0 Å². The summed E-state index contributed by atoms with van der Waals surface area (Å²) in [5.74, 6) is -0.00254. The third-order valence-electron chi connectivity index (χ3n) is 1.97. The van der Waals surface area contributed by atoms with Crippen LogP contribution in [-0.2, 0) is 9.63 Å². The van der Waals surface area contributed by atoms with Crippen molar-refractivity contribution >= 4 is 5.91 Å². The average Bonchev–Trinajstić information content (AvgIpc) is 2.53. The van der Waals surface area contributed by atoms with Gasteiger partial charge in [-0.25, -0.2) is 5.48 Å².